The fourth-order valence-electron chi connectivity index (χ4n) is 2.91. The number of nitrogens with zero attached hydrogens (tertiary/aromatic N) is 5. The Labute approximate surface area is 160 Å². The molecule has 0 spiro atoms. The van der Waals surface area contributed by atoms with Crippen LogP contribution in [0.4, 0.5) is 19.1 Å². The van der Waals surface area contributed by atoms with E-state index in [1.165, 1.54) is 24.7 Å². The van der Waals surface area contributed by atoms with E-state index in [1.54, 1.807) is 3.97 Å². The van der Waals surface area contributed by atoms with Crippen LogP contribution in [0.5, 0.6) is 0 Å². The molecule has 11 heteroatoms. The molecule has 1 aliphatic rings. The van der Waals surface area contributed by atoms with E-state index >= 15 is 0 Å². The number of imidazole rings is 1. The summed E-state index contributed by atoms with van der Waals surface area (Å²) >= 11 is 1.30. The van der Waals surface area contributed by atoms with Crippen molar-refractivity contribution in [2.75, 3.05) is 32.5 Å². The van der Waals surface area contributed by atoms with E-state index in [9.17, 15) is 13.2 Å². The summed E-state index contributed by atoms with van der Waals surface area (Å²) < 4.78 is 43.8. The second-order valence-corrected chi connectivity index (χ2v) is 8.00. The topological polar surface area (TPSA) is 70.9 Å². The fraction of sp³-hybridized carbons (Fsp3) is 0.562. The summed E-state index contributed by atoms with van der Waals surface area (Å²) in [5.41, 5.74) is -0.966. The summed E-state index contributed by atoms with van der Waals surface area (Å²) in [5.74, 6) is 0.510. The molecule has 2 unspecified atom stereocenters. The molecular formula is C16H22F3N7S. The van der Waals surface area contributed by atoms with Crippen LogP contribution >= 0.6 is 12.1 Å². The second-order valence-electron chi connectivity index (χ2n) is 6.69. The average Bonchev–Trinajstić information content (AvgIpc) is 3.03. The average molecular weight is 401 g/mol. The predicted molar refractivity (Wildman–Crippen MR) is 99.0 cm³/mol. The van der Waals surface area contributed by atoms with Crippen LogP contribution in [-0.4, -0.2) is 56.5 Å². The third-order valence-corrected chi connectivity index (χ3v) is 4.97. The van der Waals surface area contributed by atoms with Crippen LogP contribution < -0.4 is 10.6 Å². The number of hydrogen-bond donors (Lipinski definition) is 2. The highest BCUT2D eigenvalue weighted by Gasteiger charge is 2.36. The Bertz CT molecular complexity index is 778. The molecule has 2 N–H and O–H groups in total. The lowest BCUT2D eigenvalue weighted by Crippen LogP contribution is -2.42. The van der Waals surface area contributed by atoms with Gasteiger partial charge in [0.15, 0.2) is 0 Å². The third kappa shape index (κ3) is 4.90. The van der Waals surface area contributed by atoms with Crippen LogP contribution in [0, 0.1) is 5.92 Å². The van der Waals surface area contributed by atoms with Crippen molar-refractivity contribution < 1.29 is 13.2 Å². The lowest BCUT2D eigenvalue weighted by Gasteiger charge is -2.30. The molecule has 148 valence electrons. The van der Waals surface area contributed by atoms with Crippen molar-refractivity contribution in [3.05, 3.63) is 24.3 Å². The zero-order valence-corrected chi connectivity index (χ0v) is 16.1. The molecular weight excluding hydrogens is 379 g/mol. The standard InChI is InChI=1S/C16H22F3N7S/c1-10-6-20-5-4-12(10)23-15-21-7-11(16(17,18)19)14(24-15)13-8-26(9-22-13)27-25(2)3/h7-10,12,20H,4-6H2,1-3H3,(H,21,23,24). The van der Waals surface area contributed by atoms with Gasteiger partial charge >= 0.3 is 6.18 Å². The molecule has 1 saturated heterocycles. The van der Waals surface area contributed by atoms with E-state index in [0.29, 0.717) is 5.92 Å². The SMILES string of the molecule is CC1CNCCC1Nc1ncc(C(F)(F)F)c(-c2cn(SN(C)C)cn2)n1. The number of nitrogens with one attached hydrogen (secondary N) is 2. The summed E-state index contributed by atoms with van der Waals surface area (Å²) in [6.45, 7) is 3.77. The Balaban J connectivity index is 1.92. The minimum absolute atomic E-state index is 0.109. The molecule has 3 rings (SSSR count). The normalized spacial score (nSPS) is 20.9. The van der Waals surface area contributed by atoms with Crippen LogP contribution in [0.15, 0.2) is 18.7 Å². The van der Waals surface area contributed by atoms with E-state index < -0.39 is 11.7 Å². The molecule has 0 radical (unpaired) electrons. The largest absolute Gasteiger partial charge is 0.420 e. The van der Waals surface area contributed by atoms with Crippen molar-refractivity contribution >= 4 is 18.1 Å². The highest BCUT2D eigenvalue weighted by molar-refractivity contribution is 7.95. The molecule has 2 aromatic heterocycles. The minimum atomic E-state index is -4.56. The van der Waals surface area contributed by atoms with Gasteiger partial charge in [-0.3, -0.25) is 3.97 Å². The van der Waals surface area contributed by atoms with E-state index in [4.69, 9.17) is 0 Å². The number of aromatic nitrogens is 4. The molecule has 0 bridgehead atoms. The lowest BCUT2D eigenvalue weighted by molar-refractivity contribution is -0.137. The lowest BCUT2D eigenvalue weighted by atomic mass is 9.95. The molecule has 1 aliphatic heterocycles. The van der Waals surface area contributed by atoms with Gasteiger partial charge in [-0.05, 0) is 39.5 Å². The van der Waals surface area contributed by atoms with Crippen LogP contribution in [0.2, 0.25) is 0 Å². The molecule has 0 aliphatic carbocycles. The summed E-state index contributed by atoms with van der Waals surface area (Å²) in [6.07, 6.45) is 0.112. The molecule has 0 amide bonds. The van der Waals surface area contributed by atoms with Crippen molar-refractivity contribution in [1.29, 1.82) is 0 Å². The number of hydrogen-bond acceptors (Lipinski definition) is 7. The third-order valence-electron chi connectivity index (χ3n) is 4.25. The summed E-state index contributed by atoms with van der Waals surface area (Å²) in [6, 6.07) is 0.109. The van der Waals surface area contributed by atoms with Gasteiger partial charge in [0.25, 0.3) is 0 Å². The summed E-state index contributed by atoms with van der Waals surface area (Å²) in [4.78, 5) is 12.2. The summed E-state index contributed by atoms with van der Waals surface area (Å²) in [7, 11) is 3.66. The van der Waals surface area contributed by atoms with Crippen LogP contribution in [-0.2, 0) is 6.18 Å². The highest BCUT2D eigenvalue weighted by Crippen LogP contribution is 2.36. The molecule has 0 aromatic carbocycles. The van der Waals surface area contributed by atoms with Crippen molar-refractivity contribution in [3.8, 4) is 11.4 Å². The minimum Gasteiger partial charge on any atom is -0.351 e. The van der Waals surface area contributed by atoms with Gasteiger partial charge in [-0.15, -0.1) is 0 Å². The van der Waals surface area contributed by atoms with E-state index in [1.807, 2.05) is 18.4 Å². The smallest absolute Gasteiger partial charge is 0.351 e. The quantitative estimate of drug-likeness (QED) is 0.747. The number of rotatable bonds is 5. The van der Waals surface area contributed by atoms with Gasteiger partial charge in [0.1, 0.15) is 23.3 Å². The molecule has 7 nitrogen and oxygen atoms in total. The number of anilines is 1. The van der Waals surface area contributed by atoms with Gasteiger partial charge in [0.2, 0.25) is 5.95 Å². The molecule has 27 heavy (non-hydrogen) atoms. The Morgan fingerprint density at radius 1 is 1.33 bits per heavy atom. The fourth-order valence-corrected chi connectivity index (χ4v) is 3.52. The zero-order valence-electron chi connectivity index (χ0n) is 15.3. The Morgan fingerprint density at radius 2 is 2.11 bits per heavy atom. The maximum Gasteiger partial charge on any atom is 0.420 e. The van der Waals surface area contributed by atoms with Crippen molar-refractivity contribution in [3.63, 3.8) is 0 Å². The first-order valence-corrected chi connectivity index (χ1v) is 9.28. The van der Waals surface area contributed by atoms with Gasteiger partial charge in [-0.1, -0.05) is 6.92 Å². The zero-order chi connectivity index (χ0) is 19.6. The number of alkyl halides is 3. The van der Waals surface area contributed by atoms with Crippen LogP contribution in [0.25, 0.3) is 11.4 Å². The second kappa shape index (κ2) is 8.03. The molecule has 1 fully saturated rings. The van der Waals surface area contributed by atoms with Crippen molar-refractivity contribution in [2.24, 2.45) is 5.92 Å². The van der Waals surface area contributed by atoms with E-state index in [0.717, 1.165) is 25.7 Å². The van der Waals surface area contributed by atoms with Gasteiger partial charge in [-0.25, -0.2) is 19.3 Å². The Hall–Kier alpha value is -1.85. The van der Waals surface area contributed by atoms with Crippen LogP contribution in [0.1, 0.15) is 18.9 Å². The van der Waals surface area contributed by atoms with Gasteiger partial charge in [0.05, 0.1) is 0 Å². The molecule has 2 atom stereocenters. The maximum atomic E-state index is 13.4. The molecule has 2 aromatic rings. The van der Waals surface area contributed by atoms with E-state index in [-0.39, 0.29) is 23.4 Å². The highest BCUT2D eigenvalue weighted by atomic mass is 32.2. The van der Waals surface area contributed by atoms with Gasteiger partial charge in [-0.2, -0.15) is 13.2 Å². The molecule has 3 heterocycles. The number of piperidine rings is 1. The first-order chi connectivity index (χ1) is 12.7. The van der Waals surface area contributed by atoms with Crippen LogP contribution in [0.3, 0.4) is 0 Å². The monoisotopic (exact) mass is 401 g/mol. The Morgan fingerprint density at radius 3 is 2.78 bits per heavy atom. The van der Waals surface area contributed by atoms with E-state index in [2.05, 4.69) is 32.5 Å². The van der Waals surface area contributed by atoms with Crippen molar-refractivity contribution in [1.82, 2.24) is 28.5 Å². The van der Waals surface area contributed by atoms with Gasteiger partial charge in [0, 0.05) is 30.6 Å². The Kier molecular flexibility index (Phi) is 5.92. The van der Waals surface area contributed by atoms with Crippen molar-refractivity contribution in [2.45, 2.75) is 25.6 Å². The maximum absolute atomic E-state index is 13.4. The predicted octanol–water partition coefficient (Wildman–Crippen LogP) is 2.74. The first kappa shape index (κ1) is 19.9. The molecule has 0 saturated carbocycles. The van der Waals surface area contributed by atoms with Gasteiger partial charge < -0.3 is 10.6 Å². The first-order valence-electron chi connectivity index (χ1n) is 8.55. The number of halogens is 3. The summed E-state index contributed by atoms with van der Waals surface area (Å²) in [5, 5.41) is 6.47.